The van der Waals surface area contributed by atoms with Gasteiger partial charge in [-0.2, -0.15) is 31.4 Å². The molecule has 1 aliphatic rings. The van der Waals surface area contributed by atoms with Gasteiger partial charge in [-0.3, -0.25) is 5.43 Å². The normalized spacial score (nSPS) is 21.6. The van der Waals surface area contributed by atoms with Crippen LogP contribution in [0.4, 0.5) is 32.0 Å². The molecule has 1 aromatic rings. The molecular weight excluding hydrogens is 380 g/mol. The standard InChI is InChI=1S/C16H17F6N3S/c1-4-26-13(14(3)8-12(24-25-14)16(20,21)22)23-10-6-5-9(2)11(7-10)15(17,18)19/h5-7,25H,4,8H2,1-3H3/t14-/m1/s1. The van der Waals surface area contributed by atoms with Gasteiger partial charge in [0.1, 0.15) is 16.3 Å². The van der Waals surface area contributed by atoms with Crippen LogP contribution in [-0.4, -0.2) is 28.2 Å². The van der Waals surface area contributed by atoms with E-state index in [1.807, 2.05) is 0 Å². The Bertz CT molecular complexity index is 738. The summed E-state index contributed by atoms with van der Waals surface area (Å²) in [5.74, 6) is 0.495. The topological polar surface area (TPSA) is 36.8 Å². The molecule has 0 aromatic heterocycles. The molecule has 0 spiro atoms. The van der Waals surface area contributed by atoms with Gasteiger partial charge >= 0.3 is 12.4 Å². The van der Waals surface area contributed by atoms with Gasteiger partial charge in [-0.25, -0.2) is 4.99 Å². The van der Waals surface area contributed by atoms with Crippen molar-refractivity contribution in [2.75, 3.05) is 5.75 Å². The number of benzene rings is 1. The molecule has 1 aliphatic heterocycles. The summed E-state index contributed by atoms with van der Waals surface area (Å²) >= 11 is 1.16. The van der Waals surface area contributed by atoms with Crippen LogP contribution in [0.5, 0.6) is 0 Å². The summed E-state index contributed by atoms with van der Waals surface area (Å²) in [6.07, 6.45) is -9.55. The highest BCUT2D eigenvalue weighted by atomic mass is 32.2. The summed E-state index contributed by atoms with van der Waals surface area (Å²) in [5.41, 5.74) is -0.493. The Morgan fingerprint density at radius 1 is 1.23 bits per heavy atom. The van der Waals surface area contributed by atoms with Crippen molar-refractivity contribution in [1.29, 1.82) is 0 Å². The van der Waals surface area contributed by atoms with Crippen molar-refractivity contribution in [1.82, 2.24) is 5.43 Å². The third kappa shape index (κ3) is 4.52. The summed E-state index contributed by atoms with van der Waals surface area (Å²) in [6, 6.07) is 3.60. The zero-order valence-corrected chi connectivity index (χ0v) is 15.0. The van der Waals surface area contributed by atoms with Crippen LogP contribution in [0.15, 0.2) is 28.3 Å². The van der Waals surface area contributed by atoms with E-state index in [1.165, 1.54) is 26.0 Å². The largest absolute Gasteiger partial charge is 0.431 e. The van der Waals surface area contributed by atoms with Crippen LogP contribution >= 0.6 is 11.8 Å². The third-order valence-corrected chi connectivity index (χ3v) is 4.90. The first-order chi connectivity index (χ1) is 11.9. The fraction of sp³-hybridized carbons (Fsp3) is 0.500. The highest BCUT2D eigenvalue weighted by Gasteiger charge is 2.47. The molecule has 0 unspecified atom stereocenters. The molecule has 0 bridgehead atoms. The highest BCUT2D eigenvalue weighted by molar-refractivity contribution is 8.14. The van der Waals surface area contributed by atoms with Gasteiger partial charge in [0.05, 0.1) is 11.3 Å². The van der Waals surface area contributed by atoms with E-state index in [-0.39, 0.29) is 16.3 Å². The minimum Gasteiger partial charge on any atom is -0.297 e. The predicted molar refractivity (Wildman–Crippen MR) is 91.1 cm³/mol. The maximum atomic E-state index is 13.1. The van der Waals surface area contributed by atoms with Gasteiger partial charge in [0.15, 0.2) is 0 Å². The maximum Gasteiger partial charge on any atom is 0.431 e. The van der Waals surface area contributed by atoms with E-state index in [0.29, 0.717) is 5.75 Å². The molecule has 0 aliphatic carbocycles. The van der Waals surface area contributed by atoms with Crippen molar-refractivity contribution in [2.45, 2.75) is 45.1 Å². The van der Waals surface area contributed by atoms with Gasteiger partial charge in [0.2, 0.25) is 0 Å². The fourth-order valence-corrected chi connectivity index (χ4v) is 3.33. The lowest BCUT2D eigenvalue weighted by atomic mass is 9.98. The Morgan fingerprint density at radius 3 is 2.38 bits per heavy atom. The van der Waals surface area contributed by atoms with Crippen LogP contribution in [-0.2, 0) is 6.18 Å². The average molecular weight is 397 g/mol. The molecule has 0 saturated carbocycles. The summed E-state index contributed by atoms with van der Waals surface area (Å²) in [4.78, 5) is 4.21. The molecule has 0 amide bonds. The van der Waals surface area contributed by atoms with E-state index in [9.17, 15) is 26.3 Å². The van der Waals surface area contributed by atoms with Crippen molar-refractivity contribution in [2.24, 2.45) is 10.1 Å². The zero-order chi connectivity index (χ0) is 19.8. The minimum absolute atomic E-state index is 0.0300. The molecule has 1 N–H and O–H groups in total. The van der Waals surface area contributed by atoms with Gasteiger partial charge in [0, 0.05) is 6.42 Å². The first kappa shape index (κ1) is 20.6. The van der Waals surface area contributed by atoms with Crippen LogP contribution in [0, 0.1) is 6.92 Å². The molecule has 26 heavy (non-hydrogen) atoms. The van der Waals surface area contributed by atoms with Gasteiger partial charge in [0.25, 0.3) is 0 Å². The van der Waals surface area contributed by atoms with Gasteiger partial charge < -0.3 is 0 Å². The highest BCUT2D eigenvalue weighted by Crippen LogP contribution is 2.36. The molecule has 1 heterocycles. The van der Waals surface area contributed by atoms with E-state index in [4.69, 9.17) is 0 Å². The van der Waals surface area contributed by atoms with Crippen LogP contribution < -0.4 is 5.43 Å². The van der Waals surface area contributed by atoms with Crippen LogP contribution in [0.2, 0.25) is 0 Å². The lowest BCUT2D eigenvalue weighted by Crippen LogP contribution is -2.43. The number of aryl methyl sites for hydroxylation is 1. The zero-order valence-electron chi connectivity index (χ0n) is 14.2. The van der Waals surface area contributed by atoms with Crippen molar-refractivity contribution < 1.29 is 26.3 Å². The van der Waals surface area contributed by atoms with E-state index in [0.717, 1.165) is 17.8 Å². The van der Waals surface area contributed by atoms with Crippen LogP contribution in [0.1, 0.15) is 31.4 Å². The molecule has 0 saturated heterocycles. The number of aliphatic imine (C=N–C) groups is 1. The number of alkyl halides is 6. The van der Waals surface area contributed by atoms with E-state index < -0.39 is 35.6 Å². The number of hydrogen-bond donors (Lipinski definition) is 1. The quantitative estimate of drug-likeness (QED) is 0.417. The second kappa shape index (κ2) is 7.13. The summed E-state index contributed by atoms with van der Waals surface area (Å²) in [7, 11) is 0. The molecule has 3 nitrogen and oxygen atoms in total. The monoisotopic (exact) mass is 397 g/mol. The Balaban J connectivity index is 2.40. The second-order valence-corrected chi connectivity index (χ2v) is 7.28. The Morgan fingerprint density at radius 2 is 1.88 bits per heavy atom. The van der Waals surface area contributed by atoms with Crippen LogP contribution in [0.3, 0.4) is 0 Å². The Labute approximate surface area is 151 Å². The second-order valence-electron chi connectivity index (χ2n) is 6.02. The molecule has 10 heteroatoms. The number of rotatable bonds is 3. The number of thioether (sulfide) groups is 1. The number of nitrogens with zero attached hydrogens (tertiary/aromatic N) is 2. The van der Waals surface area contributed by atoms with Crippen LogP contribution in [0.25, 0.3) is 0 Å². The number of nitrogens with one attached hydrogen (secondary N) is 1. The van der Waals surface area contributed by atoms with Crippen molar-refractivity contribution in [3.05, 3.63) is 29.3 Å². The summed E-state index contributed by atoms with van der Waals surface area (Å²) in [6.45, 7) is 4.61. The Kier molecular flexibility index (Phi) is 5.65. The number of hydrazone groups is 1. The fourth-order valence-electron chi connectivity index (χ4n) is 2.45. The number of halogens is 6. The Hall–Kier alpha value is -1.71. The van der Waals surface area contributed by atoms with Gasteiger partial charge in [-0.05, 0) is 37.3 Å². The van der Waals surface area contributed by atoms with Gasteiger partial charge in [-0.1, -0.05) is 13.0 Å². The molecule has 2 rings (SSSR count). The van der Waals surface area contributed by atoms with Gasteiger partial charge in [-0.15, -0.1) is 11.8 Å². The lowest BCUT2D eigenvalue weighted by Gasteiger charge is -2.25. The summed E-state index contributed by atoms with van der Waals surface area (Å²) < 4.78 is 77.8. The van der Waals surface area contributed by atoms with E-state index in [1.54, 1.807) is 6.92 Å². The minimum atomic E-state index is -4.57. The molecule has 1 aromatic carbocycles. The molecule has 0 fully saturated rings. The number of hydrogen-bond acceptors (Lipinski definition) is 4. The van der Waals surface area contributed by atoms with Crippen molar-refractivity contribution in [3.63, 3.8) is 0 Å². The molecule has 1 atom stereocenters. The first-order valence-corrected chi connectivity index (χ1v) is 8.66. The SMILES string of the molecule is CCSC(=Nc1ccc(C)c(C(F)(F)F)c1)[C@@]1(C)CC(C(F)(F)F)=NN1. The van der Waals surface area contributed by atoms with Crippen molar-refractivity contribution >= 4 is 28.2 Å². The molecule has 0 radical (unpaired) electrons. The van der Waals surface area contributed by atoms with E-state index in [2.05, 4.69) is 15.5 Å². The maximum absolute atomic E-state index is 13.1. The average Bonchev–Trinajstić information content (AvgIpc) is 2.91. The van der Waals surface area contributed by atoms with E-state index >= 15 is 0 Å². The summed E-state index contributed by atoms with van der Waals surface area (Å²) in [5, 5.41) is 3.59. The lowest BCUT2D eigenvalue weighted by molar-refractivity contribution is -0.138. The molecular formula is C16H17F6N3S. The first-order valence-electron chi connectivity index (χ1n) is 7.67. The molecule has 144 valence electrons. The third-order valence-electron chi connectivity index (χ3n) is 3.80. The smallest absolute Gasteiger partial charge is 0.297 e. The predicted octanol–water partition coefficient (Wildman–Crippen LogP) is 5.47. The van der Waals surface area contributed by atoms with Crippen molar-refractivity contribution in [3.8, 4) is 0 Å².